The number of carbonyl (C=O) groups is 1. The number of Topliss-reactive ketones (excluding diaryl/α,β-unsaturated/α-hetero) is 1. The van der Waals surface area contributed by atoms with Crippen molar-refractivity contribution in [3.05, 3.63) is 0 Å². The molecule has 74 valence electrons. The zero-order valence-corrected chi connectivity index (χ0v) is 8.79. The van der Waals surface area contributed by atoms with Crippen molar-refractivity contribution in [3.63, 3.8) is 0 Å². The van der Waals surface area contributed by atoms with E-state index in [0.29, 0.717) is 0 Å². The topological polar surface area (TPSA) is 96.2 Å². The van der Waals surface area contributed by atoms with Crippen LogP contribution in [0.25, 0.3) is 0 Å². The first-order valence-electron chi connectivity index (χ1n) is 3.07. The van der Waals surface area contributed by atoms with Crippen molar-refractivity contribution in [2.24, 2.45) is 11.5 Å². The molecule has 0 aromatic rings. The zero-order valence-electron chi connectivity index (χ0n) is 6.46. The second-order valence-electron chi connectivity index (χ2n) is 2.03. The fourth-order valence-electron chi connectivity index (χ4n) is 0.560. The van der Waals surface area contributed by atoms with E-state index in [1.54, 1.807) is 0 Å². The number of hydrogen-bond acceptors (Lipinski definition) is 3. The molecule has 0 bridgehead atoms. The van der Waals surface area contributed by atoms with Crippen LogP contribution in [0.15, 0.2) is 0 Å². The summed E-state index contributed by atoms with van der Waals surface area (Å²) < 4.78 is 0. The van der Waals surface area contributed by atoms with Crippen molar-refractivity contribution in [1.29, 1.82) is 5.41 Å². The van der Waals surface area contributed by atoms with E-state index in [4.69, 9.17) is 40.1 Å². The lowest BCUT2D eigenvalue weighted by atomic mass is 10.4. The third kappa shape index (κ3) is 3.33. The summed E-state index contributed by atoms with van der Waals surface area (Å²) in [5, 5.41) is 6.79. The summed E-state index contributed by atoms with van der Waals surface area (Å²) in [4.78, 5) is 11.8. The smallest absolute Gasteiger partial charge is 0.196 e. The van der Waals surface area contributed by atoms with Gasteiger partial charge in [-0.25, -0.2) is 0 Å². The number of guanidine groups is 1. The molecule has 0 heterocycles. The Balaban J connectivity index is 4.65. The molecule has 0 amide bonds. The van der Waals surface area contributed by atoms with Crippen LogP contribution < -0.4 is 11.5 Å². The van der Waals surface area contributed by atoms with Crippen LogP contribution in [0.3, 0.4) is 0 Å². The maximum Gasteiger partial charge on any atom is 0.196 e. The lowest BCUT2D eigenvalue weighted by Gasteiger charge is -2.23. The van der Waals surface area contributed by atoms with Crippen molar-refractivity contribution in [2.75, 3.05) is 5.88 Å². The van der Waals surface area contributed by atoms with Crippen molar-refractivity contribution in [1.82, 2.24) is 4.90 Å². The van der Waals surface area contributed by atoms with Gasteiger partial charge < -0.3 is 11.5 Å². The molecule has 0 aliphatic rings. The van der Waals surface area contributed by atoms with Gasteiger partial charge in [0.05, 0.1) is 5.88 Å². The molecule has 0 aliphatic heterocycles. The summed E-state index contributed by atoms with van der Waals surface area (Å²) in [7, 11) is 0. The first-order valence-corrected chi connectivity index (χ1v) is 4.45. The Morgan fingerprint density at radius 2 is 2.08 bits per heavy atom. The molecule has 0 saturated heterocycles. The summed E-state index contributed by atoms with van der Waals surface area (Å²) in [5.41, 5.74) is 9.07. The van der Waals surface area contributed by atoms with Gasteiger partial charge in [-0.2, -0.15) is 0 Å². The summed E-state index contributed by atoms with van der Waals surface area (Å²) in [6, 6.07) is 0. The van der Waals surface area contributed by atoms with E-state index in [9.17, 15) is 4.79 Å². The van der Waals surface area contributed by atoms with Crippen LogP contribution >= 0.6 is 35.4 Å². The molecule has 0 fully saturated rings. The predicted octanol–water partition coefficient (Wildman–Crippen LogP) is -0.202. The highest BCUT2D eigenvalue weighted by atomic mass is 35.5. The van der Waals surface area contributed by atoms with Crippen LogP contribution in [0.5, 0.6) is 0 Å². The Kier molecular flexibility index (Phi) is 4.97. The van der Waals surface area contributed by atoms with Crippen LogP contribution in [-0.4, -0.2) is 33.1 Å². The van der Waals surface area contributed by atoms with Crippen LogP contribution in [0.2, 0.25) is 0 Å². The van der Waals surface area contributed by atoms with Gasteiger partial charge in [-0.3, -0.25) is 15.1 Å². The van der Waals surface area contributed by atoms with Crippen LogP contribution in [0, 0.1) is 5.41 Å². The van der Waals surface area contributed by atoms with Crippen molar-refractivity contribution in [2.45, 2.75) is 5.50 Å². The molecular weight excluding hydrogens is 235 g/mol. The highest BCUT2D eigenvalue weighted by Crippen LogP contribution is 2.06. The average molecular weight is 243 g/mol. The van der Waals surface area contributed by atoms with Gasteiger partial charge in [0.2, 0.25) is 0 Å². The predicted molar refractivity (Wildman–Crippen MR) is 55.9 cm³/mol. The molecule has 0 aromatic carbocycles. The summed E-state index contributed by atoms with van der Waals surface area (Å²) in [5.74, 6) is -1.31. The van der Waals surface area contributed by atoms with Crippen LogP contribution in [0.4, 0.5) is 0 Å². The molecule has 1 atom stereocenters. The molecular formula is C5H8Cl2N4OS. The number of rotatable bonds is 3. The number of carbonyl (C=O) groups excluding carboxylic acids is 1. The summed E-state index contributed by atoms with van der Waals surface area (Å²) in [6.45, 7) is 0. The molecule has 0 radical (unpaired) electrons. The molecule has 0 rings (SSSR count). The second kappa shape index (κ2) is 5.21. The SMILES string of the molecule is N=C(N)N(C(N)=S)C(Cl)C(=O)CCl. The maximum absolute atomic E-state index is 11.0. The number of thiocarbonyl (C=S) groups is 1. The van der Waals surface area contributed by atoms with Gasteiger partial charge in [0.25, 0.3) is 0 Å². The van der Waals surface area contributed by atoms with Gasteiger partial charge in [0.1, 0.15) is 0 Å². The number of nitrogens with zero attached hydrogens (tertiary/aromatic N) is 1. The van der Waals surface area contributed by atoms with E-state index in [1.807, 2.05) is 0 Å². The Hall–Kier alpha value is -0.590. The lowest BCUT2D eigenvalue weighted by Crippen LogP contribution is -2.51. The van der Waals surface area contributed by atoms with Crippen LogP contribution in [0.1, 0.15) is 0 Å². The van der Waals surface area contributed by atoms with Crippen molar-refractivity contribution >= 4 is 52.3 Å². The van der Waals surface area contributed by atoms with Gasteiger partial charge in [-0.05, 0) is 12.2 Å². The highest BCUT2D eigenvalue weighted by molar-refractivity contribution is 7.80. The molecule has 0 aromatic heterocycles. The van der Waals surface area contributed by atoms with E-state index in [2.05, 4.69) is 12.2 Å². The number of ketones is 1. The van der Waals surface area contributed by atoms with Crippen molar-refractivity contribution < 1.29 is 4.79 Å². The lowest BCUT2D eigenvalue weighted by molar-refractivity contribution is -0.117. The first-order chi connectivity index (χ1) is 5.91. The Bertz CT molecular complexity index is 233. The molecule has 13 heavy (non-hydrogen) atoms. The van der Waals surface area contributed by atoms with Gasteiger partial charge in [-0.15, -0.1) is 11.6 Å². The number of nitrogens with two attached hydrogens (primary N) is 2. The minimum Gasteiger partial charge on any atom is -0.376 e. The van der Waals surface area contributed by atoms with Crippen LogP contribution in [-0.2, 0) is 4.79 Å². The third-order valence-electron chi connectivity index (χ3n) is 1.12. The van der Waals surface area contributed by atoms with E-state index in [-0.39, 0.29) is 11.0 Å². The Morgan fingerprint density at radius 3 is 2.31 bits per heavy atom. The molecule has 5 nitrogen and oxygen atoms in total. The average Bonchev–Trinajstić information content (AvgIpc) is 2.01. The monoisotopic (exact) mass is 242 g/mol. The van der Waals surface area contributed by atoms with Crippen molar-refractivity contribution in [3.8, 4) is 0 Å². The number of alkyl halides is 2. The molecule has 8 heteroatoms. The summed E-state index contributed by atoms with van der Waals surface area (Å²) in [6.07, 6.45) is 0. The fourth-order valence-corrected chi connectivity index (χ4v) is 1.33. The number of halogens is 2. The number of hydrogen-bond donors (Lipinski definition) is 3. The molecule has 0 spiro atoms. The largest absolute Gasteiger partial charge is 0.376 e. The van der Waals surface area contributed by atoms with Gasteiger partial charge >= 0.3 is 0 Å². The number of nitrogens with one attached hydrogen (secondary N) is 1. The normalized spacial score (nSPS) is 11.8. The van der Waals surface area contributed by atoms with E-state index in [1.165, 1.54) is 0 Å². The maximum atomic E-state index is 11.0. The van der Waals surface area contributed by atoms with Gasteiger partial charge in [0.15, 0.2) is 22.4 Å². The second-order valence-corrected chi connectivity index (χ2v) is 3.13. The fraction of sp³-hybridized carbons (Fsp3) is 0.400. The van der Waals surface area contributed by atoms with E-state index in [0.717, 1.165) is 4.90 Å². The molecule has 0 saturated carbocycles. The Morgan fingerprint density at radius 1 is 1.62 bits per heavy atom. The van der Waals surface area contributed by atoms with Gasteiger partial charge in [-0.1, -0.05) is 11.6 Å². The molecule has 1 unspecified atom stereocenters. The van der Waals surface area contributed by atoms with E-state index >= 15 is 0 Å². The minimum absolute atomic E-state index is 0.244. The van der Waals surface area contributed by atoms with E-state index < -0.39 is 17.2 Å². The molecule has 0 aliphatic carbocycles. The zero-order chi connectivity index (χ0) is 10.6. The standard InChI is InChI=1S/C5H8Cl2N4OS/c6-1-2(12)3(7)11(4(8)9)5(10)13/h3H,1H2,(H3,8,9)(H2,10,13). The first kappa shape index (κ1) is 12.4. The highest BCUT2D eigenvalue weighted by Gasteiger charge is 2.25. The molecule has 5 N–H and O–H groups in total. The Labute approximate surface area is 90.5 Å². The third-order valence-corrected chi connectivity index (χ3v) is 2.02. The quantitative estimate of drug-likeness (QED) is 0.210. The summed E-state index contributed by atoms with van der Waals surface area (Å²) >= 11 is 15.4. The minimum atomic E-state index is -1.22. The van der Waals surface area contributed by atoms with Gasteiger partial charge in [0, 0.05) is 0 Å².